The van der Waals surface area contributed by atoms with Gasteiger partial charge in [0, 0.05) is 18.6 Å². The van der Waals surface area contributed by atoms with Crippen LogP contribution in [0.1, 0.15) is 35.6 Å². The molecule has 1 unspecified atom stereocenters. The van der Waals surface area contributed by atoms with E-state index in [1.807, 2.05) is 0 Å². The second-order valence-corrected chi connectivity index (χ2v) is 6.74. The number of nitrogens with zero attached hydrogens (tertiary/aromatic N) is 2. The summed E-state index contributed by atoms with van der Waals surface area (Å²) in [5, 5.41) is 3.50. The lowest BCUT2D eigenvalue weighted by molar-refractivity contribution is 0.135. The fourth-order valence-electron chi connectivity index (χ4n) is 3.45. The van der Waals surface area contributed by atoms with Crippen molar-refractivity contribution < 1.29 is 0 Å². The van der Waals surface area contributed by atoms with Gasteiger partial charge in [-0.2, -0.15) is 0 Å². The molecule has 1 fully saturated rings. The van der Waals surface area contributed by atoms with E-state index in [0.29, 0.717) is 6.04 Å². The molecule has 0 radical (unpaired) electrons. The molecule has 2 rings (SSSR count). The number of hydrogen-bond donors (Lipinski definition) is 1. The zero-order valence-corrected chi connectivity index (χ0v) is 14.3. The smallest absolute Gasteiger partial charge is 0.0447 e. The SMILES string of the molecule is CNC(CN(C)C1CCN(C)CC1)c1cc(C)cc(C)c1. The minimum absolute atomic E-state index is 0.410. The van der Waals surface area contributed by atoms with Crippen LogP contribution in [0.3, 0.4) is 0 Å². The second-order valence-electron chi connectivity index (χ2n) is 6.74. The molecule has 1 aliphatic rings. The molecule has 0 aromatic heterocycles. The van der Waals surface area contributed by atoms with Crippen molar-refractivity contribution in [2.75, 3.05) is 40.8 Å². The van der Waals surface area contributed by atoms with Gasteiger partial charge in [-0.3, -0.25) is 0 Å². The van der Waals surface area contributed by atoms with Crippen LogP contribution in [0.2, 0.25) is 0 Å². The van der Waals surface area contributed by atoms with Gasteiger partial charge in [-0.25, -0.2) is 0 Å². The first-order valence-electron chi connectivity index (χ1n) is 8.14. The average molecular weight is 289 g/mol. The first kappa shape index (κ1) is 16.5. The van der Waals surface area contributed by atoms with Crippen molar-refractivity contribution in [2.24, 2.45) is 0 Å². The van der Waals surface area contributed by atoms with Crippen LogP contribution in [0.5, 0.6) is 0 Å². The van der Waals surface area contributed by atoms with Gasteiger partial charge in [-0.1, -0.05) is 29.3 Å². The van der Waals surface area contributed by atoms with Crippen molar-refractivity contribution >= 4 is 0 Å². The number of nitrogens with one attached hydrogen (secondary N) is 1. The van der Waals surface area contributed by atoms with Gasteiger partial charge in [0.1, 0.15) is 0 Å². The largest absolute Gasteiger partial charge is 0.312 e. The Morgan fingerprint density at radius 2 is 1.76 bits per heavy atom. The van der Waals surface area contributed by atoms with Gasteiger partial charge < -0.3 is 15.1 Å². The first-order valence-corrected chi connectivity index (χ1v) is 8.14. The Bertz CT molecular complexity index is 430. The molecule has 118 valence electrons. The Morgan fingerprint density at radius 1 is 1.19 bits per heavy atom. The van der Waals surface area contributed by atoms with E-state index in [4.69, 9.17) is 0 Å². The van der Waals surface area contributed by atoms with Gasteiger partial charge in [0.05, 0.1) is 0 Å². The number of hydrogen-bond acceptors (Lipinski definition) is 3. The third-order valence-corrected chi connectivity index (χ3v) is 4.78. The molecule has 1 aromatic carbocycles. The summed E-state index contributed by atoms with van der Waals surface area (Å²) in [6, 6.07) is 8.01. The molecule has 0 spiro atoms. The lowest BCUT2D eigenvalue weighted by atomic mass is 9.99. The van der Waals surface area contributed by atoms with Crippen molar-refractivity contribution in [1.29, 1.82) is 0 Å². The maximum Gasteiger partial charge on any atom is 0.0447 e. The van der Waals surface area contributed by atoms with Crippen LogP contribution in [0.25, 0.3) is 0 Å². The summed E-state index contributed by atoms with van der Waals surface area (Å²) < 4.78 is 0. The minimum atomic E-state index is 0.410. The van der Waals surface area contributed by atoms with Crippen molar-refractivity contribution in [3.63, 3.8) is 0 Å². The van der Waals surface area contributed by atoms with Crippen LogP contribution in [-0.4, -0.2) is 56.6 Å². The van der Waals surface area contributed by atoms with E-state index < -0.39 is 0 Å². The van der Waals surface area contributed by atoms with Gasteiger partial charge in [-0.05, 0) is 66.5 Å². The first-order chi connectivity index (χ1) is 9.99. The molecule has 3 nitrogen and oxygen atoms in total. The number of likely N-dealkylation sites (tertiary alicyclic amines) is 1. The van der Waals surface area contributed by atoms with Gasteiger partial charge in [0.15, 0.2) is 0 Å². The number of aryl methyl sites for hydroxylation is 2. The predicted octanol–water partition coefficient (Wildman–Crippen LogP) is 2.59. The summed E-state index contributed by atoms with van der Waals surface area (Å²) in [4.78, 5) is 4.98. The fraction of sp³-hybridized carbons (Fsp3) is 0.667. The van der Waals surface area contributed by atoms with Crippen LogP contribution >= 0.6 is 0 Å². The molecule has 0 aliphatic carbocycles. The highest BCUT2D eigenvalue weighted by Gasteiger charge is 2.23. The zero-order valence-electron chi connectivity index (χ0n) is 14.3. The molecule has 1 aromatic rings. The van der Waals surface area contributed by atoms with Crippen molar-refractivity contribution in [3.8, 4) is 0 Å². The van der Waals surface area contributed by atoms with Gasteiger partial charge >= 0.3 is 0 Å². The van der Waals surface area contributed by atoms with Crippen LogP contribution in [0, 0.1) is 13.8 Å². The maximum absolute atomic E-state index is 3.50. The van der Waals surface area contributed by atoms with Crippen LogP contribution in [0.15, 0.2) is 18.2 Å². The van der Waals surface area contributed by atoms with Crippen molar-refractivity contribution in [1.82, 2.24) is 15.1 Å². The third kappa shape index (κ3) is 4.53. The van der Waals surface area contributed by atoms with Crippen LogP contribution in [-0.2, 0) is 0 Å². The van der Waals surface area contributed by atoms with Crippen LogP contribution in [0.4, 0.5) is 0 Å². The minimum Gasteiger partial charge on any atom is -0.312 e. The zero-order chi connectivity index (χ0) is 15.4. The summed E-state index contributed by atoms with van der Waals surface area (Å²) in [5.74, 6) is 0. The summed E-state index contributed by atoms with van der Waals surface area (Å²) >= 11 is 0. The fourth-order valence-corrected chi connectivity index (χ4v) is 3.45. The number of piperidine rings is 1. The molecular formula is C18H31N3. The third-order valence-electron chi connectivity index (χ3n) is 4.78. The topological polar surface area (TPSA) is 18.5 Å². The van der Waals surface area contributed by atoms with E-state index in [-0.39, 0.29) is 0 Å². The van der Waals surface area contributed by atoms with E-state index >= 15 is 0 Å². The summed E-state index contributed by atoms with van der Waals surface area (Å²) in [5.41, 5.74) is 4.12. The Kier molecular flexibility index (Phi) is 5.80. The second kappa shape index (κ2) is 7.39. The number of rotatable bonds is 5. The molecule has 3 heteroatoms. The highest BCUT2D eigenvalue weighted by atomic mass is 15.2. The monoisotopic (exact) mass is 289 g/mol. The van der Waals surface area contributed by atoms with E-state index in [0.717, 1.165) is 12.6 Å². The van der Waals surface area contributed by atoms with E-state index in [1.54, 1.807) is 0 Å². The molecule has 1 N–H and O–H groups in total. The highest BCUT2D eigenvalue weighted by molar-refractivity contribution is 5.30. The highest BCUT2D eigenvalue weighted by Crippen LogP contribution is 2.21. The molecule has 0 saturated carbocycles. The normalized spacial score (nSPS) is 19.1. The Hall–Kier alpha value is -0.900. The van der Waals surface area contributed by atoms with Gasteiger partial charge in [0.25, 0.3) is 0 Å². The lowest BCUT2D eigenvalue weighted by Crippen LogP contribution is -2.44. The Morgan fingerprint density at radius 3 is 2.29 bits per heavy atom. The van der Waals surface area contributed by atoms with Crippen molar-refractivity contribution in [2.45, 2.75) is 38.8 Å². The Labute approximate surface area is 130 Å². The van der Waals surface area contributed by atoms with E-state index in [9.17, 15) is 0 Å². The van der Waals surface area contributed by atoms with Crippen molar-refractivity contribution in [3.05, 3.63) is 34.9 Å². The summed E-state index contributed by atoms with van der Waals surface area (Å²) in [7, 11) is 6.58. The Balaban J connectivity index is 2.01. The van der Waals surface area contributed by atoms with Gasteiger partial charge in [-0.15, -0.1) is 0 Å². The van der Waals surface area contributed by atoms with Gasteiger partial charge in [0.2, 0.25) is 0 Å². The van der Waals surface area contributed by atoms with E-state index in [1.165, 1.54) is 42.6 Å². The number of likely N-dealkylation sites (N-methyl/N-ethyl adjacent to an activating group) is 2. The molecule has 1 aliphatic heterocycles. The molecule has 0 amide bonds. The summed E-state index contributed by atoms with van der Waals surface area (Å²) in [6.45, 7) is 7.90. The molecule has 21 heavy (non-hydrogen) atoms. The molecular weight excluding hydrogens is 258 g/mol. The molecule has 0 bridgehead atoms. The lowest BCUT2D eigenvalue weighted by Gasteiger charge is -2.36. The van der Waals surface area contributed by atoms with Crippen LogP contribution < -0.4 is 5.32 Å². The molecule has 1 saturated heterocycles. The van der Waals surface area contributed by atoms with E-state index in [2.05, 4.69) is 68.3 Å². The number of benzene rings is 1. The molecule has 1 atom stereocenters. The maximum atomic E-state index is 3.50. The molecule has 1 heterocycles. The quantitative estimate of drug-likeness (QED) is 0.899. The summed E-state index contributed by atoms with van der Waals surface area (Å²) in [6.07, 6.45) is 2.58. The standard InChI is InChI=1S/C18H31N3/c1-14-10-15(2)12-16(11-14)18(19-3)13-21(5)17-6-8-20(4)9-7-17/h10-12,17-19H,6-9,13H2,1-5H3. The predicted molar refractivity (Wildman–Crippen MR) is 90.9 cm³/mol. The average Bonchev–Trinajstić information content (AvgIpc) is 2.44.